The number of nitrogens with zero attached hydrogens (tertiary/aromatic N) is 1. The molecule has 0 spiro atoms. The number of allylic oxidation sites excluding steroid dienone is 2. The normalized spacial score (nSPS) is 11.9. The molecule has 0 saturated carbocycles. The van der Waals surface area contributed by atoms with Crippen molar-refractivity contribution in [1.82, 2.24) is 3.96 Å². The van der Waals surface area contributed by atoms with Crippen molar-refractivity contribution < 1.29 is 9.90 Å². The van der Waals surface area contributed by atoms with Crippen molar-refractivity contribution in [1.29, 1.82) is 0 Å². The molecule has 0 fully saturated rings. The van der Waals surface area contributed by atoms with Gasteiger partial charge >= 0.3 is 0 Å². The summed E-state index contributed by atoms with van der Waals surface area (Å²) < 4.78 is 1.96. The molecule has 0 radical (unpaired) electrons. The van der Waals surface area contributed by atoms with E-state index in [9.17, 15) is 4.79 Å². The second-order valence-electron chi connectivity index (χ2n) is 2.18. The lowest BCUT2D eigenvalue weighted by atomic mass is 10.3. The molecule has 11 heavy (non-hydrogen) atoms. The van der Waals surface area contributed by atoms with Gasteiger partial charge in [-0.25, -0.2) is 0 Å². The fourth-order valence-corrected chi connectivity index (χ4v) is 1.48. The Kier molecular flexibility index (Phi) is 2.48. The Hall–Kier alpha value is -1.03. The zero-order valence-corrected chi connectivity index (χ0v) is 6.97. The van der Waals surface area contributed by atoms with Crippen molar-refractivity contribution in [3.8, 4) is 0 Å². The number of rotatable bonds is 3. The first-order valence-corrected chi connectivity index (χ1v) is 3.95. The monoisotopic (exact) mass is 171 g/mol. The van der Waals surface area contributed by atoms with Crippen molar-refractivity contribution >= 4 is 17.8 Å². The molecule has 1 heterocycles. The molecule has 4 heteroatoms. The molecule has 0 aliphatic heterocycles. The number of aromatic nitrogens is 1. The zero-order valence-electron chi connectivity index (χ0n) is 6.15. The predicted octanol–water partition coefficient (Wildman–Crippen LogP) is 1.27. The third-order valence-electron chi connectivity index (χ3n) is 1.22. The fourth-order valence-electron chi connectivity index (χ4n) is 0.732. The summed E-state index contributed by atoms with van der Waals surface area (Å²) in [5, 5.41) is 8.74. The van der Waals surface area contributed by atoms with Gasteiger partial charge in [-0.1, -0.05) is 11.5 Å². The van der Waals surface area contributed by atoms with Crippen LogP contribution in [0.1, 0.15) is 4.88 Å². The molecule has 1 aromatic rings. The van der Waals surface area contributed by atoms with Gasteiger partial charge in [-0.05, 0) is 6.08 Å². The Bertz CT molecular complexity index is 260. The predicted molar refractivity (Wildman–Crippen MR) is 43.8 cm³/mol. The highest BCUT2D eigenvalue weighted by Gasteiger charge is 1.97. The van der Waals surface area contributed by atoms with E-state index < -0.39 is 0 Å². The number of hydrogen-bond donors (Lipinski definition) is 1. The van der Waals surface area contributed by atoms with Crippen LogP contribution in [0.2, 0.25) is 0 Å². The van der Waals surface area contributed by atoms with Crippen LogP contribution in [0.25, 0.3) is 0 Å². The molecule has 1 N–H and O–H groups in total. The first-order valence-electron chi connectivity index (χ1n) is 3.18. The summed E-state index contributed by atoms with van der Waals surface area (Å²) >= 11 is 1.60. The summed E-state index contributed by atoms with van der Waals surface area (Å²) in [5.74, 6) is -0.193. The van der Waals surface area contributed by atoms with Crippen LogP contribution in [0.5, 0.6) is 0 Å². The lowest BCUT2D eigenvalue weighted by Crippen LogP contribution is -1.94. The Morgan fingerprint density at radius 1 is 1.91 bits per heavy atom. The summed E-state index contributed by atoms with van der Waals surface area (Å²) in [6.07, 6.45) is 4.53. The molecular formula is C7H9NO2S. The van der Waals surface area contributed by atoms with Crippen LogP contribution in [0, 0.1) is 0 Å². The lowest BCUT2D eigenvalue weighted by Gasteiger charge is -2.05. The third-order valence-corrected chi connectivity index (χ3v) is 2.12. The van der Waals surface area contributed by atoms with Gasteiger partial charge in [-0.3, -0.25) is 4.79 Å². The molecule has 0 saturated heterocycles. The number of aliphatic hydroxyl groups is 1. The number of aldehydes is 1. The Morgan fingerprint density at radius 3 is 3.00 bits per heavy atom. The number of hydrogen-bond acceptors (Lipinski definition) is 3. The summed E-state index contributed by atoms with van der Waals surface area (Å²) in [4.78, 5) is 11.1. The van der Waals surface area contributed by atoms with Crippen molar-refractivity contribution in [2.75, 3.05) is 0 Å². The standard InChI is InChI=1S/C7H9NO2S/c1-8-4-7(11-8)3-2-6(10)5-9/h2,4-5,10H,3H2,1H3/b6-2-. The topological polar surface area (TPSA) is 42.2 Å². The van der Waals surface area contributed by atoms with Crippen LogP contribution in [0.15, 0.2) is 18.0 Å². The summed E-state index contributed by atoms with van der Waals surface area (Å²) in [6, 6.07) is 0. The maximum atomic E-state index is 9.93. The fraction of sp³-hybridized carbons (Fsp3) is 0.286. The second-order valence-corrected chi connectivity index (χ2v) is 3.47. The van der Waals surface area contributed by atoms with Crippen LogP contribution < -0.4 is 0 Å². The third kappa shape index (κ3) is 2.23. The summed E-state index contributed by atoms with van der Waals surface area (Å²) in [7, 11) is 1.94. The van der Waals surface area contributed by atoms with Crippen LogP contribution in [-0.2, 0) is 18.3 Å². The Balaban J connectivity index is 2.42. The quantitative estimate of drug-likeness (QED) is 0.423. The first kappa shape index (κ1) is 8.07. The van der Waals surface area contributed by atoms with Crippen LogP contribution in [0.3, 0.4) is 0 Å². The lowest BCUT2D eigenvalue weighted by molar-refractivity contribution is -0.107. The molecular weight excluding hydrogens is 162 g/mol. The SMILES string of the molecule is Cn1cc(C/C=C(\O)C=O)s1. The highest BCUT2D eigenvalue weighted by atomic mass is 32.1. The number of aryl methyl sites for hydroxylation is 1. The maximum Gasteiger partial charge on any atom is 0.184 e. The minimum absolute atomic E-state index is 0.193. The molecule has 60 valence electrons. The van der Waals surface area contributed by atoms with E-state index in [1.165, 1.54) is 6.08 Å². The Labute approximate surface area is 68.7 Å². The van der Waals surface area contributed by atoms with E-state index in [0.717, 1.165) is 4.88 Å². The summed E-state index contributed by atoms with van der Waals surface area (Å²) in [6.45, 7) is 0. The van der Waals surface area contributed by atoms with E-state index in [1.54, 1.807) is 11.5 Å². The maximum absolute atomic E-state index is 9.93. The largest absolute Gasteiger partial charge is 0.505 e. The molecule has 0 amide bonds. The van der Waals surface area contributed by atoms with Gasteiger partial charge in [0.1, 0.15) is 0 Å². The average molecular weight is 171 g/mol. The number of carbonyl (C=O) groups is 1. The van der Waals surface area contributed by atoms with Gasteiger partial charge < -0.3 is 9.06 Å². The van der Waals surface area contributed by atoms with Gasteiger partial charge in [0.25, 0.3) is 0 Å². The molecule has 0 aromatic carbocycles. The van der Waals surface area contributed by atoms with Gasteiger partial charge in [-0.15, -0.1) is 0 Å². The minimum atomic E-state index is -0.193. The molecule has 0 unspecified atom stereocenters. The van der Waals surface area contributed by atoms with Crippen molar-refractivity contribution in [3.63, 3.8) is 0 Å². The number of carbonyl (C=O) groups excluding carboxylic acids is 1. The van der Waals surface area contributed by atoms with Crippen LogP contribution in [-0.4, -0.2) is 15.3 Å². The number of aliphatic hydroxyl groups excluding tert-OH is 1. The second kappa shape index (κ2) is 3.39. The molecule has 0 aliphatic rings. The smallest absolute Gasteiger partial charge is 0.184 e. The van der Waals surface area contributed by atoms with E-state index in [1.807, 2.05) is 17.2 Å². The van der Waals surface area contributed by atoms with E-state index in [4.69, 9.17) is 5.11 Å². The molecule has 0 aliphatic carbocycles. The molecule has 3 nitrogen and oxygen atoms in total. The Morgan fingerprint density at radius 2 is 2.55 bits per heavy atom. The molecule has 1 rings (SSSR count). The minimum Gasteiger partial charge on any atom is -0.505 e. The van der Waals surface area contributed by atoms with E-state index >= 15 is 0 Å². The van der Waals surface area contributed by atoms with Gasteiger partial charge in [0, 0.05) is 24.5 Å². The van der Waals surface area contributed by atoms with Crippen molar-refractivity contribution in [2.24, 2.45) is 7.05 Å². The van der Waals surface area contributed by atoms with Gasteiger partial charge in [0.15, 0.2) is 12.0 Å². The van der Waals surface area contributed by atoms with Gasteiger partial charge in [0.05, 0.1) is 0 Å². The van der Waals surface area contributed by atoms with Crippen LogP contribution in [0.4, 0.5) is 0 Å². The van der Waals surface area contributed by atoms with Crippen molar-refractivity contribution in [3.05, 3.63) is 22.9 Å². The summed E-state index contributed by atoms with van der Waals surface area (Å²) in [5.41, 5.74) is 0. The van der Waals surface area contributed by atoms with E-state index in [2.05, 4.69) is 0 Å². The van der Waals surface area contributed by atoms with E-state index in [0.29, 0.717) is 12.7 Å². The van der Waals surface area contributed by atoms with Crippen LogP contribution >= 0.6 is 11.5 Å². The highest BCUT2D eigenvalue weighted by Crippen LogP contribution is 2.12. The van der Waals surface area contributed by atoms with Crippen molar-refractivity contribution in [2.45, 2.75) is 6.42 Å². The average Bonchev–Trinajstić information content (AvgIpc) is 1.95. The van der Waals surface area contributed by atoms with Gasteiger partial charge in [-0.2, -0.15) is 0 Å². The zero-order chi connectivity index (χ0) is 8.27. The first-order chi connectivity index (χ1) is 5.22. The molecule has 1 aromatic heterocycles. The van der Waals surface area contributed by atoms with Gasteiger partial charge in [0.2, 0.25) is 0 Å². The molecule has 0 bridgehead atoms. The highest BCUT2D eigenvalue weighted by molar-refractivity contribution is 7.07. The molecule has 0 atom stereocenters. The van der Waals surface area contributed by atoms with E-state index in [-0.39, 0.29) is 5.76 Å².